The van der Waals surface area contributed by atoms with Crippen LogP contribution < -0.4 is 10.2 Å². The Morgan fingerprint density at radius 1 is 1.31 bits per heavy atom. The van der Waals surface area contributed by atoms with Crippen LogP contribution in [0.15, 0.2) is 41.7 Å². The second-order valence-corrected chi connectivity index (χ2v) is 7.88. The Labute approximate surface area is 172 Å². The molecule has 1 N–H and O–H groups in total. The number of amides is 1. The Bertz CT molecular complexity index is 889. The third kappa shape index (κ3) is 4.28. The molecule has 4 rings (SSSR count). The maximum Gasteiger partial charge on any atom is 0.227 e. The van der Waals surface area contributed by atoms with Gasteiger partial charge in [0.05, 0.1) is 6.20 Å². The van der Waals surface area contributed by atoms with Gasteiger partial charge >= 0.3 is 0 Å². The van der Waals surface area contributed by atoms with Crippen molar-refractivity contribution < 1.29 is 4.79 Å². The molecule has 7 heteroatoms. The molecule has 7 nitrogen and oxygen atoms in total. The number of aliphatic imine (C=N–C) groups is 1. The van der Waals surface area contributed by atoms with Crippen molar-refractivity contribution in [2.24, 2.45) is 12.0 Å². The van der Waals surface area contributed by atoms with Crippen molar-refractivity contribution in [3.05, 3.63) is 47.8 Å². The monoisotopic (exact) mass is 394 g/mol. The number of aromatic nitrogens is 2. The maximum atomic E-state index is 12.6. The molecule has 2 aromatic rings. The van der Waals surface area contributed by atoms with E-state index in [-0.39, 0.29) is 5.91 Å². The summed E-state index contributed by atoms with van der Waals surface area (Å²) in [6.07, 6.45) is 7.49. The van der Waals surface area contributed by atoms with Gasteiger partial charge in [0.25, 0.3) is 0 Å². The first-order valence-corrected chi connectivity index (χ1v) is 10.5. The fourth-order valence-electron chi connectivity index (χ4n) is 4.38. The number of anilines is 1. The average molecular weight is 395 g/mol. The molecule has 0 radical (unpaired) electrons. The highest BCUT2D eigenvalue weighted by Crippen LogP contribution is 2.28. The molecule has 29 heavy (non-hydrogen) atoms. The zero-order valence-corrected chi connectivity index (χ0v) is 17.3. The summed E-state index contributed by atoms with van der Waals surface area (Å²) in [5.41, 5.74) is 3.65. The van der Waals surface area contributed by atoms with Gasteiger partial charge in [-0.3, -0.25) is 14.5 Å². The predicted octanol–water partition coefficient (Wildman–Crippen LogP) is 2.15. The topological polar surface area (TPSA) is 65.8 Å². The number of benzene rings is 1. The van der Waals surface area contributed by atoms with Crippen LogP contribution >= 0.6 is 0 Å². The SMILES string of the molecule is CN=C(NCCCC(=O)N1CCc2ccccc21)N1CCC(c2cnn(C)c2)C1. The Morgan fingerprint density at radius 3 is 2.97 bits per heavy atom. The summed E-state index contributed by atoms with van der Waals surface area (Å²) >= 11 is 0. The minimum absolute atomic E-state index is 0.213. The maximum absolute atomic E-state index is 12.6. The summed E-state index contributed by atoms with van der Waals surface area (Å²) in [7, 11) is 3.78. The van der Waals surface area contributed by atoms with E-state index < -0.39 is 0 Å². The second-order valence-electron chi connectivity index (χ2n) is 7.88. The molecule has 1 fully saturated rings. The van der Waals surface area contributed by atoms with Crippen molar-refractivity contribution in [2.75, 3.05) is 38.1 Å². The van der Waals surface area contributed by atoms with Gasteiger partial charge in [-0.25, -0.2) is 0 Å². The molecule has 1 amide bonds. The smallest absolute Gasteiger partial charge is 0.227 e. The minimum Gasteiger partial charge on any atom is -0.356 e. The van der Waals surface area contributed by atoms with Crippen molar-refractivity contribution in [1.29, 1.82) is 0 Å². The Kier molecular flexibility index (Phi) is 5.83. The van der Waals surface area contributed by atoms with E-state index in [0.29, 0.717) is 12.3 Å². The van der Waals surface area contributed by atoms with Gasteiger partial charge in [-0.15, -0.1) is 0 Å². The fourth-order valence-corrected chi connectivity index (χ4v) is 4.38. The normalized spacial score (nSPS) is 19.0. The Balaban J connectivity index is 1.22. The van der Waals surface area contributed by atoms with Crippen LogP contribution in [0.1, 0.15) is 36.3 Å². The average Bonchev–Trinajstić information content (AvgIpc) is 3.47. The number of likely N-dealkylation sites (tertiary alicyclic amines) is 1. The van der Waals surface area contributed by atoms with Crippen LogP contribution in [0.4, 0.5) is 5.69 Å². The van der Waals surface area contributed by atoms with E-state index in [4.69, 9.17) is 0 Å². The highest BCUT2D eigenvalue weighted by molar-refractivity contribution is 5.95. The molecular weight excluding hydrogens is 364 g/mol. The number of guanidine groups is 1. The number of carbonyl (C=O) groups is 1. The molecule has 1 aromatic carbocycles. The van der Waals surface area contributed by atoms with Crippen LogP contribution in [0.2, 0.25) is 0 Å². The van der Waals surface area contributed by atoms with E-state index in [0.717, 1.165) is 57.1 Å². The molecule has 1 unspecified atom stereocenters. The molecule has 0 saturated carbocycles. The number of fused-ring (bicyclic) bond motifs is 1. The summed E-state index contributed by atoms with van der Waals surface area (Å²) < 4.78 is 1.86. The van der Waals surface area contributed by atoms with Gasteiger partial charge in [-0.05, 0) is 36.5 Å². The number of nitrogens with one attached hydrogen (secondary N) is 1. The number of para-hydroxylation sites is 1. The molecule has 1 saturated heterocycles. The lowest BCUT2D eigenvalue weighted by atomic mass is 10.0. The largest absolute Gasteiger partial charge is 0.356 e. The van der Waals surface area contributed by atoms with E-state index in [1.807, 2.05) is 48.1 Å². The lowest BCUT2D eigenvalue weighted by Crippen LogP contribution is -2.40. The van der Waals surface area contributed by atoms with Crippen LogP contribution in [-0.2, 0) is 18.3 Å². The van der Waals surface area contributed by atoms with Crippen molar-refractivity contribution in [1.82, 2.24) is 20.0 Å². The van der Waals surface area contributed by atoms with E-state index in [9.17, 15) is 4.79 Å². The van der Waals surface area contributed by atoms with Crippen molar-refractivity contribution in [2.45, 2.75) is 31.6 Å². The summed E-state index contributed by atoms with van der Waals surface area (Å²) in [4.78, 5) is 21.3. The van der Waals surface area contributed by atoms with Crippen LogP contribution in [0.25, 0.3) is 0 Å². The molecular formula is C22H30N6O. The van der Waals surface area contributed by atoms with Gasteiger partial charge in [0.15, 0.2) is 5.96 Å². The Morgan fingerprint density at radius 2 is 2.17 bits per heavy atom. The van der Waals surface area contributed by atoms with Crippen LogP contribution in [-0.4, -0.2) is 59.8 Å². The predicted molar refractivity (Wildman–Crippen MR) is 115 cm³/mol. The number of carbonyl (C=O) groups excluding carboxylic acids is 1. The lowest BCUT2D eigenvalue weighted by Gasteiger charge is -2.22. The summed E-state index contributed by atoms with van der Waals surface area (Å²) in [6.45, 7) is 3.50. The summed E-state index contributed by atoms with van der Waals surface area (Å²) in [5, 5.41) is 7.73. The van der Waals surface area contributed by atoms with Crippen LogP contribution in [0, 0.1) is 0 Å². The second kappa shape index (κ2) is 8.68. The standard InChI is InChI=1S/C22H30N6O/c1-23-22(27-12-9-18(16-27)19-14-25-26(2)15-19)24-11-5-8-21(29)28-13-10-17-6-3-4-7-20(17)28/h3-4,6-7,14-15,18H,5,8-13,16H2,1-2H3,(H,23,24). The number of hydrogen-bond donors (Lipinski definition) is 1. The quantitative estimate of drug-likeness (QED) is 0.479. The number of rotatable bonds is 5. The summed E-state index contributed by atoms with van der Waals surface area (Å²) in [6, 6.07) is 8.21. The zero-order valence-electron chi connectivity index (χ0n) is 17.3. The molecule has 0 spiro atoms. The number of aryl methyl sites for hydroxylation is 1. The molecule has 3 heterocycles. The van der Waals surface area contributed by atoms with Gasteiger partial charge in [0.1, 0.15) is 0 Å². The molecule has 2 aliphatic heterocycles. The van der Waals surface area contributed by atoms with E-state index in [1.54, 1.807) is 0 Å². The van der Waals surface area contributed by atoms with E-state index in [1.165, 1.54) is 11.1 Å². The van der Waals surface area contributed by atoms with Gasteiger partial charge in [0.2, 0.25) is 5.91 Å². The molecule has 2 aliphatic rings. The first kappa shape index (κ1) is 19.5. The molecule has 1 atom stereocenters. The highest BCUT2D eigenvalue weighted by atomic mass is 16.2. The molecule has 154 valence electrons. The fraction of sp³-hybridized carbons (Fsp3) is 0.500. The molecule has 0 aliphatic carbocycles. The van der Waals surface area contributed by atoms with Gasteiger partial charge in [-0.2, -0.15) is 5.10 Å². The van der Waals surface area contributed by atoms with Gasteiger partial charge in [0, 0.05) is 64.5 Å². The molecule has 1 aromatic heterocycles. The summed E-state index contributed by atoms with van der Waals surface area (Å²) in [5.74, 6) is 1.64. The van der Waals surface area contributed by atoms with Crippen molar-refractivity contribution >= 4 is 17.6 Å². The van der Waals surface area contributed by atoms with Crippen LogP contribution in [0.5, 0.6) is 0 Å². The number of nitrogens with zero attached hydrogens (tertiary/aromatic N) is 5. The van der Waals surface area contributed by atoms with Crippen molar-refractivity contribution in [3.63, 3.8) is 0 Å². The first-order valence-electron chi connectivity index (χ1n) is 10.5. The minimum atomic E-state index is 0.213. The molecule has 0 bridgehead atoms. The van der Waals surface area contributed by atoms with E-state index in [2.05, 4.69) is 32.6 Å². The number of hydrogen-bond acceptors (Lipinski definition) is 3. The zero-order chi connectivity index (χ0) is 20.2. The third-order valence-corrected chi connectivity index (χ3v) is 5.93. The van der Waals surface area contributed by atoms with Gasteiger partial charge < -0.3 is 15.1 Å². The lowest BCUT2D eigenvalue weighted by molar-refractivity contribution is -0.118. The Hall–Kier alpha value is -2.83. The van der Waals surface area contributed by atoms with Crippen molar-refractivity contribution in [3.8, 4) is 0 Å². The van der Waals surface area contributed by atoms with Crippen LogP contribution in [0.3, 0.4) is 0 Å². The van der Waals surface area contributed by atoms with Gasteiger partial charge in [-0.1, -0.05) is 18.2 Å². The first-order chi connectivity index (χ1) is 14.2. The highest BCUT2D eigenvalue weighted by Gasteiger charge is 2.27. The van der Waals surface area contributed by atoms with E-state index >= 15 is 0 Å². The third-order valence-electron chi connectivity index (χ3n) is 5.93.